The van der Waals surface area contributed by atoms with E-state index in [2.05, 4.69) is 6.92 Å². The summed E-state index contributed by atoms with van der Waals surface area (Å²) in [5.41, 5.74) is 0. The Morgan fingerprint density at radius 3 is 2.00 bits per heavy atom. The summed E-state index contributed by atoms with van der Waals surface area (Å²) in [6, 6.07) is 0. The molecule has 2 aliphatic heterocycles. The van der Waals surface area contributed by atoms with Crippen LogP contribution in [-0.2, 0) is 23.7 Å². The molecule has 2 fully saturated rings. The van der Waals surface area contributed by atoms with Gasteiger partial charge in [0, 0.05) is 7.11 Å². The molecular formula is C20H38O12. The average molecular weight is 471 g/mol. The molecule has 7 N–H and O–H groups in total. The van der Waals surface area contributed by atoms with Crippen molar-refractivity contribution in [2.45, 2.75) is 100 Å². The summed E-state index contributed by atoms with van der Waals surface area (Å²) in [6.07, 6.45) is -11.1. The molecule has 0 aliphatic carbocycles. The maximum absolute atomic E-state index is 10.6. The van der Waals surface area contributed by atoms with Crippen molar-refractivity contribution < 1.29 is 59.4 Å². The van der Waals surface area contributed by atoms with Gasteiger partial charge in [0.15, 0.2) is 12.6 Å². The van der Waals surface area contributed by atoms with Crippen LogP contribution in [0.5, 0.6) is 0 Å². The zero-order valence-electron chi connectivity index (χ0n) is 18.5. The molecule has 0 aromatic rings. The van der Waals surface area contributed by atoms with E-state index < -0.39 is 74.6 Å². The SMILES string of the molecule is CCCCCC(CO[C@@H]1OC(CO)[C@@H](O[C@@H]2OC(CO)[C@H](O)[C@H](O)C2O)[C@H](O)C1O)OC. The third kappa shape index (κ3) is 6.78. The minimum absolute atomic E-state index is 0.102. The van der Waals surface area contributed by atoms with Crippen LogP contribution in [0.25, 0.3) is 0 Å². The summed E-state index contributed by atoms with van der Waals surface area (Å²) < 4.78 is 27.3. The van der Waals surface area contributed by atoms with Crippen LogP contribution in [0.2, 0.25) is 0 Å². The second-order valence-electron chi connectivity index (χ2n) is 8.19. The first-order valence-electron chi connectivity index (χ1n) is 11.0. The molecule has 12 nitrogen and oxygen atoms in total. The van der Waals surface area contributed by atoms with E-state index in [-0.39, 0.29) is 12.7 Å². The summed E-state index contributed by atoms with van der Waals surface area (Å²) >= 11 is 0. The van der Waals surface area contributed by atoms with E-state index >= 15 is 0 Å². The topological polar surface area (TPSA) is 188 Å². The van der Waals surface area contributed by atoms with Gasteiger partial charge in [-0.1, -0.05) is 26.2 Å². The lowest BCUT2D eigenvalue weighted by molar-refractivity contribution is -0.360. The number of aliphatic hydroxyl groups excluding tert-OH is 7. The van der Waals surface area contributed by atoms with E-state index in [1.165, 1.54) is 0 Å². The van der Waals surface area contributed by atoms with Gasteiger partial charge in [0.05, 0.1) is 25.9 Å². The van der Waals surface area contributed by atoms with Crippen LogP contribution in [0, 0.1) is 0 Å². The lowest BCUT2D eigenvalue weighted by atomic mass is 9.97. The third-order valence-electron chi connectivity index (χ3n) is 5.87. The fraction of sp³-hybridized carbons (Fsp3) is 1.00. The summed E-state index contributed by atoms with van der Waals surface area (Å²) in [7, 11) is 1.55. The molecular weight excluding hydrogens is 432 g/mol. The van der Waals surface area contributed by atoms with Crippen molar-refractivity contribution in [1.82, 2.24) is 0 Å². The van der Waals surface area contributed by atoms with E-state index in [9.17, 15) is 35.7 Å². The van der Waals surface area contributed by atoms with Crippen LogP contribution in [0.15, 0.2) is 0 Å². The van der Waals surface area contributed by atoms with Gasteiger partial charge in [-0.25, -0.2) is 0 Å². The number of hydrogen-bond acceptors (Lipinski definition) is 12. The van der Waals surface area contributed by atoms with Crippen molar-refractivity contribution in [1.29, 1.82) is 0 Å². The molecule has 2 saturated heterocycles. The number of ether oxygens (including phenoxy) is 5. The Labute approximate surface area is 187 Å². The molecule has 0 radical (unpaired) electrons. The Hall–Kier alpha value is -0.480. The number of rotatable bonds is 12. The van der Waals surface area contributed by atoms with Gasteiger partial charge in [0.2, 0.25) is 0 Å². The molecule has 2 rings (SSSR count). The third-order valence-corrected chi connectivity index (χ3v) is 5.87. The normalized spacial score (nSPS) is 41.5. The summed E-state index contributed by atoms with van der Waals surface area (Å²) in [5.74, 6) is 0. The Balaban J connectivity index is 1.99. The van der Waals surface area contributed by atoms with Crippen LogP contribution in [0.4, 0.5) is 0 Å². The van der Waals surface area contributed by atoms with E-state index in [0.29, 0.717) is 0 Å². The molecule has 2 aliphatic rings. The molecule has 32 heavy (non-hydrogen) atoms. The smallest absolute Gasteiger partial charge is 0.187 e. The minimum atomic E-state index is -1.71. The Morgan fingerprint density at radius 2 is 1.41 bits per heavy atom. The van der Waals surface area contributed by atoms with Gasteiger partial charge in [-0.05, 0) is 6.42 Å². The predicted octanol–water partition coefficient (Wildman–Crippen LogP) is -2.78. The first-order valence-corrected chi connectivity index (χ1v) is 11.0. The Kier molecular flexibility index (Phi) is 11.6. The van der Waals surface area contributed by atoms with Gasteiger partial charge in [0.25, 0.3) is 0 Å². The van der Waals surface area contributed by atoms with Crippen LogP contribution in [0.3, 0.4) is 0 Å². The highest BCUT2D eigenvalue weighted by Crippen LogP contribution is 2.29. The molecule has 0 aromatic carbocycles. The van der Waals surface area contributed by atoms with Crippen LogP contribution < -0.4 is 0 Å². The zero-order chi connectivity index (χ0) is 23.8. The van der Waals surface area contributed by atoms with Gasteiger partial charge in [-0.2, -0.15) is 0 Å². The largest absolute Gasteiger partial charge is 0.394 e. The van der Waals surface area contributed by atoms with Crippen molar-refractivity contribution in [3.8, 4) is 0 Å². The number of aliphatic hydroxyl groups is 7. The highest BCUT2D eigenvalue weighted by atomic mass is 16.7. The Bertz CT molecular complexity index is 521. The van der Waals surface area contributed by atoms with Gasteiger partial charge < -0.3 is 59.4 Å². The van der Waals surface area contributed by atoms with Gasteiger partial charge in [-0.15, -0.1) is 0 Å². The van der Waals surface area contributed by atoms with Crippen molar-refractivity contribution in [3.05, 3.63) is 0 Å². The highest BCUT2D eigenvalue weighted by molar-refractivity contribution is 4.94. The number of unbranched alkanes of at least 4 members (excludes halogenated alkanes) is 2. The zero-order valence-corrected chi connectivity index (χ0v) is 18.5. The maximum atomic E-state index is 10.6. The first kappa shape index (κ1) is 27.8. The van der Waals surface area contributed by atoms with Crippen molar-refractivity contribution in [3.63, 3.8) is 0 Å². The fourth-order valence-electron chi connectivity index (χ4n) is 3.79. The Morgan fingerprint density at radius 1 is 0.781 bits per heavy atom. The van der Waals surface area contributed by atoms with Gasteiger partial charge >= 0.3 is 0 Å². The summed E-state index contributed by atoms with van der Waals surface area (Å²) in [5, 5.41) is 70.0. The fourth-order valence-corrected chi connectivity index (χ4v) is 3.79. The molecule has 12 heteroatoms. The van der Waals surface area contributed by atoms with E-state index in [0.717, 1.165) is 25.7 Å². The molecule has 11 atom stereocenters. The average Bonchev–Trinajstić information content (AvgIpc) is 2.80. The second kappa shape index (κ2) is 13.4. The first-order chi connectivity index (χ1) is 15.3. The minimum Gasteiger partial charge on any atom is -0.394 e. The second-order valence-corrected chi connectivity index (χ2v) is 8.19. The van der Waals surface area contributed by atoms with Crippen molar-refractivity contribution in [2.24, 2.45) is 0 Å². The van der Waals surface area contributed by atoms with E-state index in [1.54, 1.807) is 7.11 Å². The summed E-state index contributed by atoms with van der Waals surface area (Å²) in [4.78, 5) is 0. The number of methoxy groups -OCH3 is 1. The lowest BCUT2D eigenvalue weighted by Gasteiger charge is -2.46. The lowest BCUT2D eigenvalue weighted by Crippen LogP contribution is -2.64. The summed E-state index contributed by atoms with van der Waals surface area (Å²) in [6.45, 7) is 0.917. The highest BCUT2D eigenvalue weighted by Gasteiger charge is 2.50. The molecule has 0 saturated carbocycles. The van der Waals surface area contributed by atoms with Crippen molar-refractivity contribution >= 4 is 0 Å². The quantitative estimate of drug-likeness (QED) is 0.146. The molecule has 0 bridgehead atoms. The number of hydrogen-bond donors (Lipinski definition) is 7. The van der Waals surface area contributed by atoms with Crippen LogP contribution in [-0.4, -0.2) is 130 Å². The van der Waals surface area contributed by atoms with E-state index in [1.807, 2.05) is 0 Å². The molecule has 5 unspecified atom stereocenters. The van der Waals surface area contributed by atoms with Crippen molar-refractivity contribution in [2.75, 3.05) is 26.9 Å². The van der Waals surface area contributed by atoms with E-state index in [4.69, 9.17) is 23.7 Å². The maximum Gasteiger partial charge on any atom is 0.187 e. The van der Waals surface area contributed by atoms with Gasteiger partial charge in [0.1, 0.15) is 48.8 Å². The van der Waals surface area contributed by atoms with Crippen LogP contribution >= 0.6 is 0 Å². The standard InChI is InChI=1S/C20H38O12/c1-3-4-5-6-10(28-2)9-29-19-17(27)15(25)18(12(8-22)31-19)32-20-16(26)14(24)13(23)11(7-21)30-20/h10-27H,3-9H2,1-2H3/t10?,11?,12?,13-,14-,15+,16?,17?,18+,19+,20-/m0/s1. The van der Waals surface area contributed by atoms with Gasteiger partial charge in [-0.3, -0.25) is 0 Å². The molecule has 0 spiro atoms. The molecule has 0 amide bonds. The monoisotopic (exact) mass is 470 g/mol. The van der Waals surface area contributed by atoms with Crippen LogP contribution in [0.1, 0.15) is 32.6 Å². The molecule has 2 heterocycles. The molecule has 0 aromatic heterocycles. The predicted molar refractivity (Wildman–Crippen MR) is 107 cm³/mol. The molecule has 190 valence electrons.